The number of hydrogen-bond acceptors (Lipinski definition) is 20. The van der Waals surface area contributed by atoms with E-state index in [-0.39, 0.29) is 65.1 Å². The number of rotatable bonds is 25. The van der Waals surface area contributed by atoms with Gasteiger partial charge in [0.25, 0.3) is 17.6 Å². The molecule has 132 heavy (non-hydrogen) atoms. The molecule has 3 aromatic heterocycles. The van der Waals surface area contributed by atoms with Crippen molar-refractivity contribution in [3.63, 3.8) is 0 Å². The van der Waals surface area contributed by atoms with E-state index in [1.165, 1.54) is 4.68 Å². The Morgan fingerprint density at radius 2 is 0.598 bits per heavy atom. The number of aromatic amines is 1. The lowest BCUT2D eigenvalue weighted by Crippen LogP contribution is -2.41. The molecule has 15 aromatic rings. The minimum Gasteiger partial charge on any atom is -0.476 e. The SMILES string of the molecule is O=C(O)c1c(OC2CCc3cc(Cl)c(Cl)cc3C2)nnn1C(c1ccccc1)(c1ccccc1)c1ccccc1.O=C(OCCl)c1ccccc1.O=C(OCOC(=O)c1[nH]nnc1OC1CCc2cc(Cl)c(Cl)cc2C1)c1ccccc1.O=C(OCOC(=O)c1c(OC2CCc3cc(Cl)c(Cl)cc3C2)nnn1C(c1ccccc1)(c1ccccc1)c1ccccc1)c1ccccc1. The summed E-state index contributed by atoms with van der Waals surface area (Å²) in [6.45, 7) is -1.19. The van der Waals surface area contributed by atoms with Crippen molar-refractivity contribution in [2.24, 2.45) is 0 Å². The molecule has 31 heteroatoms. The molecule has 3 atom stereocenters. The Bertz CT molecular complexity index is 6330. The largest absolute Gasteiger partial charge is 0.476 e. The molecule has 2 N–H and O–H groups in total. The van der Waals surface area contributed by atoms with Crippen molar-refractivity contribution in [3.05, 3.63) is 440 Å². The van der Waals surface area contributed by atoms with E-state index in [4.69, 9.17) is 114 Å². The lowest BCUT2D eigenvalue weighted by molar-refractivity contribution is -0.0192. The Kier molecular flexibility index (Phi) is 30.9. The van der Waals surface area contributed by atoms with Crippen LogP contribution in [0.25, 0.3) is 0 Å². The summed E-state index contributed by atoms with van der Waals surface area (Å²) >= 11 is 42.5. The lowest BCUT2D eigenvalue weighted by atomic mass is 9.77. The fourth-order valence-electron chi connectivity index (χ4n) is 16.1. The van der Waals surface area contributed by atoms with E-state index in [9.17, 15) is 33.9 Å². The van der Waals surface area contributed by atoms with Crippen LogP contribution < -0.4 is 14.2 Å². The second kappa shape index (κ2) is 43.8. The van der Waals surface area contributed by atoms with Crippen molar-refractivity contribution in [2.45, 2.75) is 87.2 Å². The first-order valence-electron chi connectivity index (χ1n) is 41.7. The fourth-order valence-corrected chi connectivity index (χ4v) is 17.3. The molecule has 0 saturated carbocycles. The second-order valence-electron chi connectivity index (χ2n) is 30.4. The van der Waals surface area contributed by atoms with Crippen LogP contribution in [0.5, 0.6) is 17.6 Å². The molecule has 3 heterocycles. The molecule has 0 spiro atoms. The Labute approximate surface area is 793 Å². The van der Waals surface area contributed by atoms with Crippen molar-refractivity contribution in [1.82, 2.24) is 45.4 Å². The highest BCUT2D eigenvalue weighted by Gasteiger charge is 2.47. The van der Waals surface area contributed by atoms with Crippen LogP contribution in [-0.4, -0.2) is 124 Å². The summed E-state index contributed by atoms with van der Waals surface area (Å²) in [7, 11) is 0. The van der Waals surface area contributed by atoms with E-state index in [1.807, 2.05) is 224 Å². The zero-order valence-corrected chi connectivity index (χ0v) is 75.3. The van der Waals surface area contributed by atoms with Crippen molar-refractivity contribution >= 4 is 117 Å². The van der Waals surface area contributed by atoms with E-state index >= 15 is 0 Å². The second-order valence-corrected chi connectivity index (χ2v) is 33.0. The van der Waals surface area contributed by atoms with E-state index in [0.29, 0.717) is 91.8 Å². The smallest absolute Gasteiger partial charge is 0.365 e. The molecule has 0 fully saturated rings. The first-order chi connectivity index (χ1) is 64.3. The minimum absolute atomic E-state index is 0.00920. The molecule has 3 unspecified atom stereocenters. The molecule has 0 aliphatic heterocycles. The molecular weight excluding hydrogens is 1830 g/mol. The number of alkyl halides is 1. The Morgan fingerprint density at radius 1 is 0.333 bits per heavy atom. The summed E-state index contributed by atoms with van der Waals surface area (Å²) in [6.07, 6.45) is 4.99. The number of ether oxygens (including phenoxy) is 8. The number of nitrogens with zero attached hydrogens (tertiary/aromatic N) is 8. The highest BCUT2D eigenvalue weighted by molar-refractivity contribution is 6.43. The van der Waals surface area contributed by atoms with Gasteiger partial charge in [0.15, 0.2) is 6.07 Å². The number of nitrogens with one attached hydrogen (secondary N) is 1. The third kappa shape index (κ3) is 21.5. The standard InChI is InChI=1S/C40H31Cl2N3O5.C32H25Cl2N3O3.C21H17Cl2N3O5.C8H7ClO2/c41-34-24-28-21-22-33(23-29(28)25-35(34)42)50-37-36(39(47)49-26-48-38(46)27-13-5-1-6-14-27)45(44-43-37)40(30-15-7-2-8-16-30,31-17-9-3-10-18-31)32-19-11-4-12-20-32;33-27-19-21-16-17-26(18-22(21)20-28(27)34)40-30-29(31(38)39)37(36-35-30)32(23-10-4-1-5-11-23,24-12-6-2-7-13-24)25-14-8-3-9-15-25;22-16-9-13-6-7-15(8-14(13)10-17(16)23)31-19-18(24-26-25-19)21(28)30-11-29-20(27)12-4-2-1-3-5-12;9-6-11-8(10)7-4-2-1-3-5-7/h1-20,24-25,33H,21-23,26H2;1-15,19-20,26H,16-18H2,(H,38,39);1-5,9-10,15H,6-8,11H2,(H,24,25,26);1-5H,6H2. The summed E-state index contributed by atoms with van der Waals surface area (Å²) in [4.78, 5) is 75.1. The van der Waals surface area contributed by atoms with Crippen LogP contribution in [-0.2, 0) is 73.3 Å². The van der Waals surface area contributed by atoms with Gasteiger partial charge in [-0.25, -0.2) is 43.2 Å². The first-order valence-corrected chi connectivity index (χ1v) is 44.5. The van der Waals surface area contributed by atoms with Gasteiger partial charge in [-0.2, -0.15) is 0 Å². The predicted molar refractivity (Wildman–Crippen MR) is 498 cm³/mol. The number of carbonyl (C=O) groups excluding carboxylic acids is 5. The van der Waals surface area contributed by atoms with E-state index < -0.39 is 54.5 Å². The third-order valence-corrected chi connectivity index (χ3v) is 24.5. The monoisotopic (exact) mass is 1900 g/mol. The zero-order valence-electron chi connectivity index (χ0n) is 70.0. The van der Waals surface area contributed by atoms with Gasteiger partial charge in [0, 0.05) is 19.3 Å². The molecule has 0 amide bonds. The summed E-state index contributed by atoms with van der Waals surface area (Å²) in [5.74, 6) is -4.44. The van der Waals surface area contributed by atoms with Gasteiger partial charge in [-0.3, -0.25) is 0 Å². The number of esters is 5. The van der Waals surface area contributed by atoms with Gasteiger partial charge in [0.05, 0.1) is 46.8 Å². The number of hydrogen-bond donors (Lipinski definition) is 2. The third-order valence-electron chi connectivity index (χ3n) is 22.3. The molecule has 24 nitrogen and oxygen atoms in total. The molecule has 0 saturated heterocycles. The van der Waals surface area contributed by atoms with Gasteiger partial charge in [-0.15, -0.1) is 0 Å². The van der Waals surface area contributed by atoms with Crippen LogP contribution in [0.1, 0.15) is 149 Å². The van der Waals surface area contributed by atoms with Crippen LogP contribution in [0, 0.1) is 0 Å². The van der Waals surface area contributed by atoms with E-state index in [0.717, 1.165) is 79.6 Å². The number of benzene rings is 12. The highest BCUT2D eigenvalue weighted by Crippen LogP contribution is 2.46. The summed E-state index contributed by atoms with van der Waals surface area (Å²) in [6, 6.07) is 95.1. The van der Waals surface area contributed by atoms with Crippen LogP contribution in [0.4, 0.5) is 0 Å². The number of carboxylic acids is 1. The maximum Gasteiger partial charge on any atom is 0.365 e. The van der Waals surface area contributed by atoms with Crippen LogP contribution in [0.15, 0.2) is 309 Å². The summed E-state index contributed by atoms with van der Waals surface area (Å²) in [5.41, 5.74) is 10.0. The summed E-state index contributed by atoms with van der Waals surface area (Å²) < 4.78 is 47.2. The van der Waals surface area contributed by atoms with Gasteiger partial charge in [-0.1, -0.05) is 349 Å². The average molecular weight is 1910 g/mol. The van der Waals surface area contributed by atoms with Gasteiger partial charge < -0.3 is 43.0 Å². The number of aromatic nitrogens is 9. The van der Waals surface area contributed by atoms with Crippen LogP contribution in [0.2, 0.25) is 30.1 Å². The number of fused-ring (bicyclic) bond motifs is 3. The average Bonchev–Trinajstić information content (AvgIpc) is 1.44. The van der Waals surface area contributed by atoms with Crippen molar-refractivity contribution < 1.29 is 71.8 Å². The quantitative estimate of drug-likeness (QED) is 0.0177. The van der Waals surface area contributed by atoms with Crippen LogP contribution >= 0.6 is 81.2 Å². The predicted octanol–water partition coefficient (Wildman–Crippen LogP) is 21.5. The highest BCUT2D eigenvalue weighted by atomic mass is 35.5. The number of carboxylic acid groups (broad SMARTS) is 1. The molecule has 0 bridgehead atoms. The number of aromatic carboxylic acids is 1. The maximum absolute atomic E-state index is 14.3. The lowest BCUT2D eigenvalue weighted by Gasteiger charge is -2.36. The molecule has 18 rings (SSSR count). The molecule has 3 aliphatic carbocycles. The van der Waals surface area contributed by atoms with Crippen molar-refractivity contribution in [2.75, 3.05) is 19.7 Å². The van der Waals surface area contributed by atoms with Gasteiger partial charge in [0.2, 0.25) is 30.7 Å². The summed E-state index contributed by atoms with van der Waals surface area (Å²) in [5, 5.41) is 41.4. The van der Waals surface area contributed by atoms with Crippen LogP contribution in [0.3, 0.4) is 0 Å². The maximum atomic E-state index is 14.3. The number of carbonyl (C=O) groups is 6. The van der Waals surface area contributed by atoms with Crippen molar-refractivity contribution in [1.29, 1.82) is 0 Å². The zero-order chi connectivity index (χ0) is 92.1. The molecule has 12 aromatic carbocycles. The molecule has 0 radical (unpaired) electrons. The van der Waals surface area contributed by atoms with Gasteiger partial charge in [-0.05, 0) is 178 Å². The first kappa shape index (κ1) is 93.0. The van der Waals surface area contributed by atoms with E-state index in [1.54, 1.807) is 89.6 Å². The Balaban J connectivity index is 0.000000146. The molecule has 3 aliphatic rings. The molecule has 668 valence electrons. The number of aryl methyl sites for hydroxylation is 3. The Hall–Kier alpha value is -13.7. The number of H-pyrrole nitrogens is 1. The van der Waals surface area contributed by atoms with Gasteiger partial charge >= 0.3 is 35.8 Å². The van der Waals surface area contributed by atoms with Crippen molar-refractivity contribution in [3.8, 4) is 17.6 Å². The topological polar surface area (TPSA) is 299 Å². The van der Waals surface area contributed by atoms with E-state index in [2.05, 4.69) is 40.8 Å². The fraction of sp³-hybridized carbons (Fsp3) is 0.168. The minimum atomic E-state index is -1.20. The normalized spacial score (nSPS) is 14.1. The number of halogens is 7. The molecular formula is C101H80Cl7N9O15. The van der Waals surface area contributed by atoms with Gasteiger partial charge in [0.1, 0.15) is 29.4 Å². The Morgan fingerprint density at radius 3 is 0.909 bits per heavy atom.